The van der Waals surface area contributed by atoms with E-state index < -0.39 is 17.6 Å². The highest BCUT2D eigenvalue weighted by molar-refractivity contribution is 6.00. The second-order valence-electron chi connectivity index (χ2n) is 6.70. The molecule has 1 heterocycles. The zero-order valence-electron chi connectivity index (χ0n) is 15.0. The number of amides is 2. The molecule has 0 aromatic carbocycles. The summed E-state index contributed by atoms with van der Waals surface area (Å²) in [6.07, 6.45) is 8.33. The number of hydrogen-bond donors (Lipinski definition) is 1. The van der Waals surface area contributed by atoms with Crippen LogP contribution in [0.15, 0.2) is 47.3 Å². The maximum atomic E-state index is 12.3. The van der Waals surface area contributed by atoms with E-state index in [2.05, 4.69) is 13.0 Å². The Labute approximate surface area is 147 Å². The lowest BCUT2D eigenvalue weighted by molar-refractivity contribution is -0.130. The second kappa shape index (κ2) is 7.57. The minimum absolute atomic E-state index is 0.181. The van der Waals surface area contributed by atoms with E-state index in [0.29, 0.717) is 10.8 Å². The van der Waals surface area contributed by atoms with E-state index in [0.717, 1.165) is 31.1 Å². The van der Waals surface area contributed by atoms with Crippen molar-refractivity contribution in [3.05, 3.63) is 47.3 Å². The van der Waals surface area contributed by atoms with Gasteiger partial charge in [-0.2, -0.15) is 5.01 Å². The van der Waals surface area contributed by atoms with Gasteiger partial charge in [0.1, 0.15) is 18.1 Å². The number of rotatable bonds is 3. The van der Waals surface area contributed by atoms with Crippen LogP contribution in [0.3, 0.4) is 0 Å². The Hall–Kier alpha value is -2.54. The molecule has 2 amide bonds. The lowest BCUT2D eigenvalue weighted by Crippen LogP contribution is -2.46. The number of imide groups is 1. The highest BCUT2D eigenvalue weighted by Crippen LogP contribution is 2.29. The third-order valence-electron chi connectivity index (χ3n) is 3.49. The largest absolute Gasteiger partial charge is 0.465 e. The Balaban J connectivity index is 2.06. The Morgan fingerprint density at radius 3 is 2.68 bits per heavy atom. The van der Waals surface area contributed by atoms with Crippen LogP contribution in [0.25, 0.3) is 0 Å². The topological polar surface area (TPSA) is 91.1 Å². The van der Waals surface area contributed by atoms with Crippen LogP contribution < -0.4 is 5.84 Å². The van der Waals surface area contributed by atoms with E-state index in [1.807, 2.05) is 6.08 Å². The average Bonchev–Trinajstić information content (AvgIpc) is 2.59. The summed E-state index contributed by atoms with van der Waals surface area (Å²) >= 11 is 0. The minimum atomic E-state index is -0.966. The number of hydrazine groups is 1. The number of hydrogen-bond acceptors (Lipinski definition) is 6. The highest BCUT2D eigenvalue weighted by Gasteiger charge is 2.30. The van der Waals surface area contributed by atoms with Crippen LogP contribution in [0.1, 0.15) is 47.0 Å². The van der Waals surface area contributed by atoms with Crippen molar-refractivity contribution in [2.75, 3.05) is 0 Å². The van der Waals surface area contributed by atoms with Gasteiger partial charge >= 0.3 is 12.0 Å². The molecule has 1 aliphatic carbocycles. The van der Waals surface area contributed by atoms with Crippen LogP contribution in [0, 0.1) is 0 Å². The molecule has 2 N–H and O–H groups in total. The fourth-order valence-corrected chi connectivity index (χ4v) is 2.28. The average molecular weight is 348 g/mol. The van der Waals surface area contributed by atoms with Gasteiger partial charge in [0, 0.05) is 0 Å². The fraction of sp³-hybridized carbons (Fsp3) is 0.444. The van der Waals surface area contributed by atoms with Crippen molar-refractivity contribution < 1.29 is 23.8 Å². The zero-order chi connectivity index (χ0) is 18.6. The first-order valence-corrected chi connectivity index (χ1v) is 8.17. The van der Waals surface area contributed by atoms with E-state index >= 15 is 0 Å². The fourth-order valence-electron chi connectivity index (χ4n) is 2.28. The van der Waals surface area contributed by atoms with E-state index in [-0.39, 0.29) is 5.76 Å². The molecule has 25 heavy (non-hydrogen) atoms. The van der Waals surface area contributed by atoms with Crippen molar-refractivity contribution in [1.29, 1.82) is 0 Å². The molecule has 1 aliphatic heterocycles. The Morgan fingerprint density at radius 2 is 2.04 bits per heavy atom. The standard InChI is InChI=1S/C18H24N2O5/c1-5-12-7-6-8-13(9-12)14-10-23-11-15(24-14)16(21)20(19)17(22)25-18(2,3)4/h7,9-11H,5-6,8,19H2,1-4H3. The predicted molar refractivity (Wildman–Crippen MR) is 91.3 cm³/mol. The van der Waals surface area contributed by atoms with Crippen LogP contribution in [0.4, 0.5) is 4.79 Å². The maximum Gasteiger partial charge on any atom is 0.432 e. The highest BCUT2D eigenvalue weighted by atomic mass is 16.6. The van der Waals surface area contributed by atoms with Crippen molar-refractivity contribution in [3.8, 4) is 0 Å². The molecule has 7 nitrogen and oxygen atoms in total. The van der Waals surface area contributed by atoms with E-state index in [1.165, 1.54) is 11.8 Å². The maximum absolute atomic E-state index is 12.3. The quantitative estimate of drug-likeness (QED) is 0.477. The van der Waals surface area contributed by atoms with E-state index in [1.54, 1.807) is 20.8 Å². The number of ether oxygens (including phenoxy) is 3. The van der Waals surface area contributed by atoms with Crippen molar-refractivity contribution in [2.45, 2.75) is 52.6 Å². The van der Waals surface area contributed by atoms with Gasteiger partial charge in [-0.25, -0.2) is 10.6 Å². The van der Waals surface area contributed by atoms with E-state index in [9.17, 15) is 9.59 Å². The Bertz CT molecular complexity index is 680. The van der Waals surface area contributed by atoms with Crippen LogP contribution in [-0.4, -0.2) is 22.6 Å². The van der Waals surface area contributed by atoms with Gasteiger partial charge in [-0.3, -0.25) is 4.79 Å². The molecular weight excluding hydrogens is 324 g/mol. The van der Waals surface area contributed by atoms with Gasteiger partial charge in [-0.1, -0.05) is 24.6 Å². The molecule has 2 aliphatic rings. The molecule has 0 aromatic rings. The molecule has 0 atom stereocenters. The summed E-state index contributed by atoms with van der Waals surface area (Å²) in [7, 11) is 0. The number of nitrogens with zero attached hydrogens (tertiary/aromatic N) is 1. The Morgan fingerprint density at radius 1 is 1.32 bits per heavy atom. The summed E-state index contributed by atoms with van der Waals surface area (Å²) in [6.45, 7) is 7.10. The van der Waals surface area contributed by atoms with Gasteiger partial charge in [0.25, 0.3) is 0 Å². The van der Waals surface area contributed by atoms with Crippen molar-refractivity contribution in [3.63, 3.8) is 0 Å². The summed E-state index contributed by atoms with van der Waals surface area (Å²) in [6, 6.07) is 0. The smallest absolute Gasteiger partial charge is 0.432 e. The summed E-state index contributed by atoms with van der Waals surface area (Å²) in [5, 5.41) is 0.371. The van der Waals surface area contributed by atoms with Gasteiger partial charge in [-0.15, -0.1) is 0 Å². The lowest BCUT2D eigenvalue weighted by atomic mass is 9.97. The lowest BCUT2D eigenvalue weighted by Gasteiger charge is -2.25. The monoisotopic (exact) mass is 348 g/mol. The first-order chi connectivity index (χ1) is 11.7. The minimum Gasteiger partial charge on any atom is -0.465 e. The third-order valence-corrected chi connectivity index (χ3v) is 3.49. The van der Waals surface area contributed by atoms with Crippen LogP contribution in [-0.2, 0) is 19.0 Å². The summed E-state index contributed by atoms with van der Waals surface area (Å²) in [5.74, 6) is 4.96. The molecular formula is C18H24N2O5. The molecule has 0 unspecified atom stereocenters. The van der Waals surface area contributed by atoms with Gasteiger partial charge in [0.2, 0.25) is 5.76 Å². The van der Waals surface area contributed by atoms with Gasteiger partial charge < -0.3 is 14.2 Å². The Kier molecular flexibility index (Phi) is 5.69. The SMILES string of the molecule is CCC1=CCCC(C2=COC=C(C(=O)N(N)C(=O)OC(C)(C)C)O2)=C1. The third kappa shape index (κ3) is 4.96. The van der Waals surface area contributed by atoms with Gasteiger partial charge in [-0.05, 0) is 45.6 Å². The van der Waals surface area contributed by atoms with Crippen molar-refractivity contribution >= 4 is 12.0 Å². The number of carbonyl (C=O) groups is 2. The first-order valence-electron chi connectivity index (χ1n) is 8.17. The molecule has 0 radical (unpaired) electrons. The van der Waals surface area contributed by atoms with Crippen LogP contribution >= 0.6 is 0 Å². The molecule has 0 bridgehead atoms. The van der Waals surface area contributed by atoms with Crippen molar-refractivity contribution in [1.82, 2.24) is 5.01 Å². The van der Waals surface area contributed by atoms with Crippen molar-refractivity contribution in [2.24, 2.45) is 5.84 Å². The molecule has 0 fully saturated rings. The summed E-state index contributed by atoms with van der Waals surface area (Å²) < 4.78 is 15.9. The molecule has 7 heteroatoms. The molecule has 0 saturated heterocycles. The zero-order valence-corrected chi connectivity index (χ0v) is 15.0. The van der Waals surface area contributed by atoms with Crippen LogP contribution in [0.2, 0.25) is 0 Å². The molecule has 0 aromatic heterocycles. The molecule has 2 rings (SSSR count). The molecule has 0 saturated carbocycles. The van der Waals surface area contributed by atoms with Gasteiger partial charge in [0.05, 0.1) is 0 Å². The number of nitrogens with two attached hydrogens (primary N) is 1. The second-order valence-corrected chi connectivity index (χ2v) is 6.70. The van der Waals surface area contributed by atoms with E-state index in [4.69, 9.17) is 20.1 Å². The first kappa shape index (κ1) is 18.8. The molecule has 136 valence electrons. The number of carbonyl (C=O) groups excluding carboxylic acids is 2. The van der Waals surface area contributed by atoms with Gasteiger partial charge in [0.15, 0.2) is 5.76 Å². The van der Waals surface area contributed by atoms with Crippen LogP contribution in [0.5, 0.6) is 0 Å². The summed E-state index contributed by atoms with van der Waals surface area (Å²) in [5.41, 5.74) is 1.36. The number of allylic oxidation sites excluding steroid dienone is 4. The summed E-state index contributed by atoms with van der Waals surface area (Å²) in [4.78, 5) is 24.3. The predicted octanol–water partition coefficient (Wildman–Crippen LogP) is 3.41. The normalized spacial score (nSPS) is 17.2. The molecule has 0 spiro atoms.